The van der Waals surface area contributed by atoms with E-state index in [9.17, 15) is 4.79 Å². The highest BCUT2D eigenvalue weighted by Crippen LogP contribution is 2.16. The lowest BCUT2D eigenvalue weighted by molar-refractivity contribution is -0.138. The number of piperidine rings is 1. The zero-order valence-electron chi connectivity index (χ0n) is 10.6. The van der Waals surface area contributed by atoms with Gasteiger partial charge in [-0.2, -0.15) is 0 Å². The minimum atomic E-state index is -0.0371. The fourth-order valence-electron chi connectivity index (χ4n) is 2.16. The molecule has 0 aromatic rings. The van der Waals surface area contributed by atoms with Gasteiger partial charge in [0.1, 0.15) is 0 Å². The maximum absolute atomic E-state index is 12.0. The van der Waals surface area contributed by atoms with Crippen LogP contribution in [0, 0.1) is 5.92 Å². The third kappa shape index (κ3) is 4.26. The van der Waals surface area contributed by atoms with Gasteiger partial charge in [0.15, 0.2) is 0 Å². The van der Waals surface area contributed by atoms with Crippen LogP contribution in [0.2, 0.25) is 0 Å². The minimum absolute atomic E-state index is 0.0371. The number of hydrogen-bond acceptors (Lipinski definition) is 4. The average molecular weight is 244 g/mol. The summed E-state index contributed by atoms with van der Waals surface area (Å²) in [6.07, 6.45) is 2.69. The van der Waals surface area contributed by atoms with Gasteiger partial charge in [-0.1, -0.05) is 6.92 Å². The van der Waals surface area contributed by atoms with Crippen LogP contribution >= 0.6 is 0 Å². The summed E-state index contributed by atoms with van der Waals surface area (Å²) >= 11 is 0. The number of amides is 1. The Labute approximate surface area is 103 Å². The summed E-state index contributed by atoms with van der Waals surface area (Å²) < 4.78 is 5.46. The molecule has 1 aliphatic rings. The summed E-state index contributed by atoms with van der Waals surface area (Å²) in [7, 11) is 0. The standard InChI is InChI=1S/C12H24N2O3/c1-2-10(9-13)12(16)14-5-3-11(4-6-14)17-8-7-15/h10-11,15H,2-9,13H2,1H3. The van der Waals surface area contributed by atoms with Gasteiger partial charge in [-0.05, 0) is 19.3 Å². The van der Waals surface area contributed by atoms with Gasteiger partial charge in [0, 0.05) is 19.6 Å². The van der Waals surface area contributed by atoms with Crippen LogP contribution in [0.15, 0.2) is 0 Å². The molecule has 100 valence electrons. The van der Waals surface area contributed by atoms with Gasteiger partial charge >= 0.3 is 0 Å². The lowest BCUT2D eigenvalue weighted by atomic mass is 10.0. The zero-order chi connectivity index (χ0) is 12.7. The Balaban J connectivity index is 2.33. The summed E-state index contributed by atoms with van der Waals surface area (Å²) in [5.74, 6) is 0.139. The first-order valence-corrected chi connectivity index (χ1v) is 6.44. The molecule has 0 aromatic carbocycles. The van der Waals surface area contributed by atoms with Crippen molar-refractivity contribution in [2.24, 2.45) is 11.7 Å². The predicted molar refractivity (Wildman–Crippen MR) is 65.5 cm³/mol. The van der Waals surface area contributed by atoms with E-state index in [2.05, 4.69) is 0 Å². The van der Waals surface area contributed by atoms with Crippen LogP contribution in [0.4, 0.5) is 0 Å². The smallest absolute Gasteiger partial charge is 0.226 e. The molecule has 1 fully saturated rings. The van der Waals surface area contributed by atoms with Crippen LogP contribution in [0.25, 0.3) is 0 Å². The number of carbonyl (C=O) groups is 1. The highest BCUT2D eigenvalue weighted by atomic mass is 16.5. The molecule has 5 nitrogen and oxygen atoms in total. The molecule has 0 bridgehead atoms. The molecule has 1 saturated heterocycles. The summed E-state index contributed by atoms with van der Waals surface area (Å²) in [5.41, 5.74) is 5.58. The lowest BCUT2D eigenvalue weighted by Crippen LogP contribution is -2.45. The molecular weight excluding hydrogens is 220 g/mol. The number of carbonyl (C=O) groups excluding carboxylic acids is 1. The number of nitrogens with two attached hydrogens (primary N) is 1. The van der Waals surface area contributed by atoms with Crippen LogP contribution < -0.4 is 5.73 Å². The predicted octanol–water partition coefficient (Wildman–Crippen LogP) is -0.0288. The van der Waals surface area contributed by atoms with Gasteiger partial charge in [-0.3, -0.25) is 4.79 Å². The fourth-order valence-corrected chi connectivity index (χ4v) is 2.16. The molecule has 1 rings (SSSR count). The van der Waals surface area contributed by atoms with Gasteiger partial charge in [-0.25, -0.2) is 0 Å². The van der Waals surface area contributed by atoms with Crippen molar-refractivity contribution in [1.82, 2.24) is 4.90 Å². The Morgan fingerprint density at radius 2 is 2.18 bits per heavy atom. The van der Waals surface area contributed by atoms with Gasteiger partial charge < -0.3 is 20.5 Å². The van der Waals surface area contributed by atoms with Crippen molar-refractivity contribution in [2.75, 3.05) is 32.8 Å². The van der Waals surface area contributed by atoms with Crippen molar-refractivity contribution in [3.63, 3.8) is 0 Å². The molecule has 1 atom stereocenters. The highest BCUT2D eigenvalue weighted by Gasteiger charge is 2.26. The van der Waals surface area contributed by atoms with Crippen LogP contribution in [0.3, 0.4) is 0 Å². The summed E-state index contributed by atoms with van der Waals surface area (Å²) in [6.45, 7) is 4.35. The SMILES string of the molecule is CCC(CN)C(=O)N1CCC(OCCO)CC1. The Hall–Kier alpha value is -0.650. The van der Waals surface area contributed by atoms with E-state index < -0.39 is 0 Å². The molecule has 0 aromatic heterocycles. The lowest BCUT2D eigenvalue weighted by Gasteiger charge is -2.33. The molecule has 0 aliphatic carbocycles. The number of hydrogen-bond donors (Lipinski definition) is 2. The van der Waals surface area contributed by atoms with E-state index in [1.807, 2.05) is 11.8 Å². The van der Waals surface area contributed by atoms with Gasteiger partial charge in [-0.15, -0.1) is 0 Å². The van der Waals surface area contributed by atoms with Crippen molar-refractivity contribution in [3.8, 4) is 0 Å². The number of likely N-dealkylation sites (tertiary alicyclic amines) is 1. The van der Waals surface area contributed by atoms with Crippen molar-refractivity contribution < 1.29 is 14.6 Å². The largest absolute Gasteiger partial charge is 0.394 e. The molecular formula is C12H24N2O3. The second-order valence-electron chi connectivity index (χ2n) is 4.46. The summed E-state index contributed by atoms with van der Waals surface area (Å²) in [6, 6.07) is 0. The Kier molecular flexibility index (Phi) is 6.47. The van der Waals surface area contributed by atoms with Crippen molar-refractivity contribution >= 4 is 5.91 Å². The van der Waals surface area contributed by atoms with Crippen LogP contribution in [-0.4, -0.2) is 54.9 Å². The van der Waals surface area contributed by atoms with Gasteiger partial charge in [0.25, 0.3) is 0 Å². The second-order valence-corrected chi connectivity index (χ2v) is 4.46. The molecule has 17 heavy (non-hydrogen) atoms. The quantitative estimate of drug-likeness (QED) is 0.688. The Bertz CT molecular complexity index is 224. The van der Waals surface area contributed by atoms with Crippen LogP contribution in [0.1, 0.15) is 26.2 Å². The van der Waals surface area contributed by atoms with Crippen LogP contribution in [-0.2, 0) is 9.53 Å². The van der Waals surface area contributed by atoms with Crippen molar-refractivity contribution in [2.45, 2.75) is 32.3 Å². The van der Waals surface area contributed by atoms with Crippen molar-refractivity contribution in [1.29, 1.82) is 0 Å². The number of aliphatic hydroxyl groups is 1. The van der Waals surface area contributed by atoms with Gasteiger partial charge in [0.05, 0.1) is 25.2 Å². The van der Waals surface area contributed by atoms with E-state index in [0.717, 1.165) is 32.4 Å². The second kappa shape index (κ2) is 7.63. The van der Waals surface area contributed by atoms with E-state index in [1.54, 1.807) is 0 Å². The summed E-state index contributed by atoms with van der Waals surface area (Å²) in [4.78, 5) is 13.9. The first-order chi connectivity index (χ1) is 8.22. The molecule has 5 heteroatoms. The highest BCUT2D eigenvalue weighted by molar-refractivity contribution is 5.79. The molecule has 1 amide bonds. The molecule has 3 N–H and O–H groups in total. The summed E-state index contributed by atoms with van der Waals surface area (Å²) in [5, 5.41) is 8.67. The normalized spacial score (nSPS) is 19.4. The fraction of sp³-hybridized carbons (Fsp3) is 0.917. The van der Waals surface area contributed by atoms with E-state index in [-0.39, 0.29) is 24.5 Å². The maximum Gasteiger partial charge on any atom is 0.226 e. The van der Waals surface area contributed by atoms with Gasteiger partial charge in [0.2, 0.25) is 5.91 Å². The minimum Gasteiger partial charge on any atom is -0.394 e. The third-order valence-electron chi connectivity index (χ3n) is 3.33. The number of ether oxygens (including phenoxy) is 1. The molecule has 1 unspecified atom stereocenters. The first kappa shape index (κ1) is 14.4. The van der Waals surface area contributed by atoms with E-state index in [4.69, 9.17) is 15.6 Å². The number of rotatable bonds is 6. The van der Waals surface area contributed by atoms with E-state index >= 15 is 0 Å². The van der Waals surface area contributed by atoms with Crippen molar-refractivity contribution in [3.05, 3.63) is 0 Å². The molecule has 0 radical (unpaired) electrons. The van der Waals surface area contributed by atoms with Crippen LogP contribution in [0.5, 0.6) is 0 Å². The van der Waals surface area contributed by atoms with E-state index in [0.29, 0.717) is 13.2 Å². The first-order valence-electron chi connectivity index (χ1n) is 6.44. The monoisotopic (exact) mass is 244 g/mol. The molecule has 0 spiro atoms. The number of nitrogens with zero attached hydrogens (tertiary/aromatic N) is 1. The third-order valence-corrected chi connectivity index (χ3v) is 3.33. The topological polar surface area (TPSA) is 75.8 Å². The zero-order valence-corrected chi connectivity index (χ0v) is 10.6. The molecule has 1 heterocycles. The maximum atomic E-state index is 12.0. The Morgan fingerprint density at radius 1 is 1.53 bits per heavy atom. The molecule has 1 aliphatic heterocycles. The Morgan fingerprint density at radius 3 is 2.65 bits per heavy atom. The van der Waals surface area contributed by atoms with E-state index in [1.165, 1.54) is 0 Å². The number of aliphatic hydroxyl groups excluding tert-OH is 1. The average Bonchev–Trinajstić information content (AvgIpc) is 2.38. The molecule has 0 saturated carbocycles.